The highest BCUT2D eigenvalue weighted by Gasteiger charge is 2.43. The Bertz CT molecular complexity index is 391. The molecule has 0 aromatic carbocycles. The van der Waals surface area contributed by atoms with Gasteiger partial charge in [0.25, 0.3) is 5.91 Å². The van der Waals surface area contributed by atoms with E-state index >= 15 is 0 Å². The van der Waals surface area contributed by atoms with Gasteiger partial charge in [0.05, 0.1) is 12.1 Å². The minimum absolute atomic E-state index is 0.0107. The van der Waals surface area contributed by atoms with Crippen LogP contribution in [0.2, 0.25) is 0 Å². The van der Waals surface area contributed by atoms with Gasteiger partial charge in [0.15, 0.2) is 0 Å². The second-order valence-electron chi connectivity index (χ2n) is 3.73. The number of hydrogen-bond donors (Lipinski definition) is 2. The van der Waals surface area contributed by atoms with Gasteiger partial charge in [-0.1, -0.05) is 0 Å². The van der Waals surface area contributed by atoms with E-state index in [0.717, 1.165) is 12.8 Å². The van der Waals surface area contributed by atoms with E-state index in [0.29, 0.717) is 10.2 Å². The molecule has 1 aromatic heterocycles. The van der Waals surface area contributed by atoms with Crippen LogP contribution < -0.4 is 5.32 Å². The van der Waals surface area contributed by atoms with E-state index in [4.69, 9.17) is 5.11 Å². The molecule has 1 heterocycles. The van der Waals surface area contributed by atoms with Gasteiger partial charge in [-0.15, -0.1) is 0 Å². The monoisotopic (exact) mass is 270 g/mol. The Kier molecular flexibility index (Phi) is 2.75. The van der Waals surface area contributed by atoms with E-state index in [1.807, 2.05) is 0 Å². The highest BCUT2D eigenvalue weighted by atomic mass is 79.9. The summed E-state index contributed by atoms with van der Waals surface area (Å²) in [5, 5.41) is 11.9. The van der Waals surface area contributed by atoms with Crippen molar-refractivity contribution in [2.24, 2.45) is 0 Å². The predicted molar refractivity (Wildman–Crippen MR) is 58.5 cm³/mol. The standard InChI is InChI=1S/C10H11BrN2O2/c11-7-2-1-5-12-8(7)9(15)13-10(6-14)3-4-10/h1-2,5,14H,3-4,6H2,(H,13,15). The van der Waals surface area contributed by atoms with Crippen molar-refractivity contribution in [3.05, 3.63) is 28.5 Å². The van der Waals surface area contributed by atoms with Crippen LogP contribution in [0, 0.1) is 0 Å². The van der Waals surface area contributed by atoms with E-state index in [2.05, 4.69) is 26.2 Å². The number of hydrogen-bond acceptors (Lipinski definition) is 3. The summed E-state index contributed by atoms with van der Waals surface area (Å²) >= 11 is 3.26. The highest BCUT2D eigenvalue weighted by molar-refractivity contribution is 9.10. The lowest BCUT2D eigenvalue weighted by Gasteiger charge is -2.14. The molecule has 0 saturated heterocycles. The SMILES string of the molecule is O=C(NC1(CO)CC1)c1ncccc1Br. The molecule has 1 fully saturated rings. The smallest absolute Gasteiger partial charge is 0.271 e. The number of nitrogens with zero attached hydrogens (tertiary/aromatic N) is 1. The normalized spacial score (nSPS) is 17.2. The molecule has 1 amide bonds. The molecular formula is C10H11BrN2O2. The zero-order valence-electron chi connectivity index (χ0n) is 8.03. The largest absolute Gasteiger partial charge is 0.394 e. The average molecular weight is 271 g/mol. The van der Waals surface area contributed by atoms with Crippen LogP contribution in [0.5, 0.6) is 0 Å². The first kappa shape index (κ1) is 10.6. The first-order chi connectivity index (χ1) is 7.17. The zero-order chi connectivity index (χ0) is 10.9. The Labute approximate surface area is 95.8 Å². The molecule has 1 aliphatic rings. The Morgan fingerprint density at radius 2 is 2.40 bits per heavy atom. The molecule has 0 atom stereocenters. The van der Waals surface area contributed by atoms with Gasteiger partial charge in [-0.05, 0) is 40.9 Å². The number of aliphatic hydroxyl groups excluding tert-OH is 1. The second-order valence-corrected chi connectivity index (χ2v) is 4.58. The molecular weight excluding hydrogens is 260 g/mol. The lowest BCUT2D eigenvalue weighted by Crippen LogP contribution is -2.40. The van der Waals surface area contributed by atoms with Crippen LogP contribution in [0.25, 0.3) is 0 Å². The van der Waals surface area contributed by atoms with E-state index < -0.39 is 5.54 Å². The minimum Gasteiger partial charge on any atom is -0.394 e. The third kappa shape index (κ3) is 2.18. The van der Waals surface area contributed by atoms with Crippen LogP contribution in [0.15, 0.2) is 22.8 Å². The number of nitrogens with one attached hydrogen (secondary N) is 1. The van der Waals surface area contributed by atoms with E-state index in [1.54, 1.807) is 18.3 Å². The summed E-state index contributed by atoms with van der Waals surface area (Å²) in [6, 6.07) is 3.51. The number of halogens is 1. The number of carbonyl (C=O) groups excluding carboxylic acids is 1. The van der Waals surface area contributed by atoms with E-state index in [-0.39, 0.29) is 12.5 Å². The van der Waals surface area contributed by atoms with E-state index in [9.17, 15) is 4.79 Å². The number of aromatic nitrogens is 1. The summed E-state index contributed by atoms with van der Waals surface area (Å²) in [5.74, 6) is -0.242. The fraction of sp³-hybridized carbons (Fsp3) is 0.400. The molecule has 80 valence electrons. The number of amides is 1. The van der Waals surface area contributed by atoms with Crippen LogP contribution in [-0.2, 0) is 0 Å². The third-order valence-electron chi connectivity index (χ3n) is 2.51. The molecule has 0 unspecified atom stereocenters. The van der Waals surface area contributed by atoms with Gasteiger partial charge < -0.3 is 10.4 Å². The average Bonchev–Trinajstić information content (AvgIpc) is 2.99. The van der Waals surface area contributed by atoms with Gasteiger partial charge in [-0.25, -0.2) is 4.98 Å². The summed E-state index contributed by atoms with van der Waals surface area (Å²) in [7, 11) is 0. The Hall–Kier alpha value is -0.940. The molecule has 4 nitrogen and oxygen atoms in total. The van der Waals surface area contributed by atoms with Gasteiger partial charge in [0.1, 0.15) is 5.69 Å². The third-order valence-corrected chi connectivity index (χ3v) is 3.15. The summed E-state index contributed by atoms with van der Waals surface area (Å²) in [4.78, 5) is 15.7. The topological polar surface area (TPSA) is 62.2 Å². The van der Waals surface area contributed by atoms with Crippen molar-refractivity contribution in [3.8, 4) is 0 Å². The van der Waals surface area contributed by atoms with Crippen molar-refractivity contribution in [1.29, 1.82) is 0 Å². The zero-order valence-corrected chi connectivity index (χ0v) is 9.62. The first-order valence-electron chi connectivity index (χ1n) is 4.71. The molecule has 1 aromatic rings. The van der Waals surface area contributed by atoms with Gasteiger partial charge >= 0.3 is 0 Å². The highest BCUT2D eigenvalue weighted by Crippen LogP contribution is 2.34. The molecule has 0 bridgehead atoms. The molecule has 1 saturated carbocycles. The van der Waals surface area contributed by atoms with Crippen molar-refractivity contribution in [3.63, 3.8) is 0 Å². The molecule has 0 aliphatic heterocycles. The first-order valence-corrected chi connectivity index (χ1v) is 5.50. The lowest BCUT2D eigenvalue weighted by molar-refractivity contribution is 0.0901. The van der Waals surface area contributed by atoms with Crippen LogP contribution >= 0.6 is 15.9 Å². The number of pyridine rings is 1. The molecule has 0 radical (unpaired) electrons. The summed E-state index contributed by atoms with van der Waals surface area (Å²) in [6.45, 7) is -0.0107. The molecule has 1 aliphatic carbocycles. The fourth-order valence-corrected chi connectivity index (χ4v) is 1.76. The van der Waals surface area contributed by atoms with Gasteiger partial charge in [-0.2, -0.15) is 0 Å². The summed E-state index contributed by atoms with van der Waals surface area (Å²) in [6.07, 6.45) is 3.23. The Morgan fingerprint density at radius 3 is 2.93 bits per heavy atom. The molecule has 0 spiro atoms. The van der Waals surface area contributed by atoms with Gasteiger partial charge in [0, 0.05) is 10.7 Å². The number of carbonyl (C=O) groups is 1. The molecule has 2 N–H and O–H groups in total. The van der Waals surface area contributed by atoms with Crippen molar-refractivity contribution in [1.82, 2.24) is 10.3 Å². The Balaban J connectivity index is 2.12. The van der Waals surface area contributed by atoms with Crippen molar-refractivity contribution < 1.29 is 9.90 Å². The lowest BCUT2D eigenvalue weighted by atomic mass is 10.2. The van der Waals surface area contributed by atoms with Crippen LogP contribution in [-0.4, -0.2) is 28.1 Å². The van der Waals surface area contributed by atoms with Crippen LogP contribution in [0.3, 0.4) is 0 Å². The van der Waals surface area contributed by atoms with Crippen LogP contribution in [0.4, 0.5) is 0 Å². The van der Waals surface area contributed by atoms with Crippen molar-refractivity contribution in [2.75, 3.05) is 6.61 Å². The van der Waals surface area contributed by atoms with Gasteiger partial charge in [0.2, 0.25) is 0 Å². The van der Waals surface area contributed by atoms with Crippen molar-refractivity contribution in [2.45, 2.75) is 18.4 Å². The molecule has 2 rings (SSSR count). The van der Waals surface area contributed by atoms with Crippen molar-refractivity contribution >= 4 is 21.8 Å². The predicted octanol–water partition coefficient (Wildman–Crippen LogP) is 1.10. The summed E-state index contributed by atoms with van der Waals surface area (Å²) in [5.41, 5.74) is -0.0363. The van der Waals surface area contributed by atoms with Gasteiger partial charge in [-0.3, -0.25) is 4.79 Å². The number of rotatable bonds is 3. The molecule has 5 heteroatoms. The minimum atomic E-state index is -0.395. The maximum absolute atomic E-state index is 11.8. The summed E-state index contributed by atoms with van der Waals surface area (Å²) < 4.78 is 0.663. The fourth-order valence-electron chi connectivity index (χ4n) is 1.33. The molecule has 15 heavy (non-hydrogen) atoms. The quantitative estimate of drug-likeness (QED) is 0.865. The van der Waals surface area contributed by atoms with Crippen LogP contribution in [0.1, 0.15) is 23.3 Å². The maximum atomic E-state index is 11.8. The second kappa shape index (κ2) is 3.90. The maximum Gasteiger partial charge on any atom is 0.271 e. The number of aliphatic hydroxyl groups is 1. The van der Waals surface area contributed by atoms with E-state index in [1.165, 1.54) is 0 Å². The Morgan fingerprint density at radius 1 is 1.67 bits per heavy atom.